The van der Waals surface area contributed by atoms with Gasteiger partial charge in [0.25, 0.3) is 0 Å². The van der Waals surface area contributed by atoms with Gasteiger partial charge in [-0.1, -0.05) is 6.92 Å². The molecule has 0 aliphatic rings. The molecular weight excluding hydrogens is 147 g/mol. The zero-order valence-electron chi connectivity index (χ0n) is 5.67. The maximum absolute atomic E-state index is 12.5. The molecule has 2 unspecified atom stereocenters. The van der Waals surface area contributed by atoms with Crippen LogP contribution in [-0.4, -0.2) is 19.7 Å². The molecule has 0 aliphatic carbocycles. The fourth-order valence-corrected chi connectivity index (χ4v) is 0.258. The van der Waals surface area contributed by atoms with Crippen LogP contribution < -0.4 is 0 Å². The van der Waals surface area contributed by atoms with Gasteiger partial charge in [0.15, 0.2) is 5.67 Å². The highest BCUT2D eigenvalue weighted by Gasteiger charge is 2.53. The number of rotatable bonds is 1. The van der Waals surface area contributed by atoms with E-state index in [9.17, 15) is 17.6 Å². The van der Waals surface area contributed by atoms with Gasteiger partial charge in [-0.3, -0.25) is 0 Å². The van der Waals surface area contributed by atoms with Crippen LogP contribution in [0.2, 0.25) is 5.82 Å². The Morgan fingerprint density at radius 3 is 1.50 bits per heavy atom. The molecule has 0 fully saturated rings. The second-order valence-corrected chi connectivity index (χ2v) is 2.36. The smallest absolute Gasteiger partial charge is 0.235 e. The molecule has 0 rings (SSSR count). The van der Waals surface area contributed by atoms with Crippen molar-refractivity contribution in [2.24, 2.45) is 0 Å². The summed E-state index contributed by atoms with van der Waals surface area (Å²) < 4.78 is 47.4. The first kappa shape index (κ1) is 9.78. The van der Waals surface area contributed by atoms with Gasteiger partial charge in [0, 0.05) is 0 Å². The Hall–Kier alpha value is -0.215. The predicted molar refractivity (Wildman–Crippen MR) is 30.7 cm³/mol. The van der Waals surface area contributed by atoms with Crippen LogP contribution in [0, 0.1) is 0 Å². The quantitative estimate of drug-likeness (QED) is 0.401. The van der Waals surface area contributed by atoms with Crippen molar-refractivity contribution in [3.05, 3.63) is 0 Å². The molecule has 0 amide bonds. The average Bonchev–Trinajstić information content (AvgIpc) is 1.62. The van der Waals surface area contributed by atoms with E-state index in [0.29, 0.717) is 6.92 Å². The summed E-state index contributed by atoms with van der Waals surface area (Å²) in [6.45, 7) is 1.41. The Bertz CT molecular complexity index is 115. The summed E-state index contributed by atoms with van der Waals surface area (Å²) in [5.41, 5.74) is -3.28. The lowest BCUT2D eigenvalue weighted by Crippen LogP contribution is -2.40. The lowest BCUT2D eigenvalue weighted by molar-refractivity contribution is -0.223. The largest absolute Gasteiger partial charge is 0.421 e. The zero-order chi connectivity index (χ0) is 8.58. The number of hydrogen-bond donors (Lipinski definition) is 0. The first-order valence-electron chi connectivity index (χ1n) is 2.71. The van der Waals surface area contributed by atoms with Gasteiger partial charge in [-0.25, -0.2) is 4.39 Å². The predicted octanol–water partition coefficient (Wildman–Crippen LogP) is 2.25. The van der Waals surface area contributed by atoms with Crippen LogP contribution in [0.5, 0.6) is 0 Å². The van der Waals surface area contributed by atoms with Gasteiger partial charge >= 0.3 is 6.18 Å². The van der Waals surface area contributed by atoms with Crippen LogP contribution in [0.25, 0.3) is 0 Å². The van der Waals surface area contributed by atoms with Gasteiger partial charge in [-0.2, -0.15) is 13.2 Å². The Balaban J connectivity index is 4.40. The molecule has 0 aromatic rings. The molecule has 0 aliphatic heterocycles. The van der Waals surface area contributed by atoms with E-state index >= 15 is 0 Å². The van der Waals surface area contributed by atoms with Gasteiger partial charge in [0.05, 0.1) is 7.85 Å². The van der Waals surface area contributed by atoms with Crippen LogP contribution in [0.1, 0.15) is 13.8 Å². The van der Waals surface area contributed by atoms with Crippen molar-refractivity contribution in [1.29, 1.82) is 0 Å². The summed E-state index contributed by atoms with van der Waals surface area (Å²) in [6.07, 6.45) is -4.87. The lowest BCUT2D eigenvalue weighted by Gasteiger charge is -2.27. The minimum Gasteiger partial charge on any atom is -0.235 e. The Kier molecular flexibility index (Phi) is 2.38. The summed E-state index contributed by atoms with van der Waals surface area (Å²) in [4.78, 5) is 0. The van der Waals surface area contributed by atoms with Crippen molar-refractivity contribution in [3.8, 4) is 0 Å². The molecular formula is C5H7BF4. The Morgan fingerprint density at radius 1 is 1.20 bits per heavy atom. The summed E-state index contributed by atoms with van der Waals surface area (Å²) in [5.74, 6) is -1.53. The molecule has 0 saturated carbocycles. The number of halogens is 4. The van der Waals surface area contributed by atoms with E-state index in [1.165, 1.54) is 0 Å². The highest BCUT2D eigenvalue weighted by Crippen LogP contribution is 2.40. The molecule has 58 valence electrons. The van der Waals surface area contributed by atoms with E-state index in [-0.39, 0.29) is 0 Å². The van der Waals surface area contributed by atoms with Crippen LogP contribution in [-0.2, 0) is 0 Å². The van der Waals surface area contributed by atoms with Crippen molar-refractivity contribution in [2.45, 2.75) is 31.5 Å². The maximum atomic E-state index is 12.5. The third kappa shape index (κ3) is 1.64. The van der Waals surface area contributed by atoms with Gasteiger partial charge < -0.3 is 0 Å². The van der Waals surface area contributed by atoms with Crippen LogP contribution in [0.3, 0.4) is 0 Å². The topological polar surface area (TPSA) is 0 Å². The molecule has 2 radical (unpaired) electrons. The maximum Gasteiger partial charge on any atom is 0.421 e. The number of hydrogen-bond acceptors (Lipinski definition) is 0. The Labute approximate surface area is 58.0 Å². The van der Waals surface area contributed by atoms with E-state index in [0.717, 1.165) is 6.92 Å². The van der Waals surface area contributed by atoms with E-state index in [1.807, 2.05) is 0 Å². The van der Waals surface area contributed by atoms with E-state index in [4.69, 9.17) is 7.85 Å². The first-order chi connectivity index (χ1) is 4.19. The van der Waals surface area contributed by atoms with Crippen LogP contribution in [0.15, 0.2) is 0 Å². The molecule has 10 heavy (non-hydrogen) atoms. The van der Waals surface area contributed by atoms with Gasteiger partial charge in [-0.05, 0) is 12.7 Å². The van der Waals surface area contributed by atoms with E-state index in [2.05, 4.69) is 0 Å². The van der Waals surface area contributed by atoms with Crippen molar-refractivity contribution in [3.63, 3.8) is 0 Å². The highest BCUT2D eigenvalue weighted by molar-refractivity contribution is 6.12. The molecule has 0 aromatic carbocycles. The van der Waals surface area contributed by atoms with Gasteiger partial charge in [0.2, 0.25) is 0 Å². The highest BCUT2D eigenvalue weighted by atomic mass is 19.4. The van der Waals surface area contributed by atoms with Crippen LogP contribution in [0.4, 0.5) is 17.6 Å². The first-order valence-corrected chi connectivity index (χ1v) is 2.71. The summed E-state index contributed by atoms with van der Waals surface area (Å²) in [6, 6.07) is 0. The van der Waals surface area contributed by atoms with Gasteiger partial charge in [0.1, 0.15) is 0 Å². The molecule has 0 saturated heterocycles. The second kappa shape index (κ2) is 2.44. The minimum absolute atomic E-state index is 0.428. The van der Waals surface area contributed by atoms with Crippen molar-refractivity contribution >= 4 is 7.85 Å². The summed E-state index contributed by atoms with van der Waals surface area (Å²) in [7, 11) is 4.76. The fraction of sp³-hybridized carbons (Fsp3) is 1.00. The standard InChI is InChI=1S/C5H7BF4/c1-3(6)4(2,7)5(8,9)10/h3H,1-2H3. The molecule has 0 aromatic heterocycles. The summed E-state index contributed by atoms with van der Waals surface area (Å²) in [5, 5.41) is 0. The Morgan fingerprint density at radius 2 is 1.50 bits per heavy atom. The summed E-state index contributed by atoms with van der Waals surface area (Å²) >= 11 is 0. The average molecular weight is 154 g/mol. The minimum atomic E-state index is -4.87. The lowest BCUT2D eigenvalue weighted by atomic mass is 9.76. The van der Waals surface area contributed by atoms with Gasteiger partial charge in [-0.15, -0.1) is 0 Å². The monoisotopic (exact) mass is 154 g/mol. The third-order valence-electron chi connectivity index (χ3n) is 1.41. The molecule has 0 heterocycles. The molecule has 0 bridgehead atoms. The van der Waals surface area contributed by atoms with E-state index < -0.39 is 17.7 Å². The third-order valence-corrected chi connectivity index (χ3v) is 1.41. The number of alkyl halides is 4. The van der Waals surface area contributed by atoms with Crippen LogP contribution >= 0.6 is 0 Å². The van der Waals surface area contributed by atoms with Crippen molar-refractivity contribution in [1.82, 2.24) is 0 Å². The second-order valence-electron chi connectivity index (χ2n) is 2.36. The van der Waals surface area contributed by atoms with Crippen molar-refractivity contribution in [2.75, 3.05) is 0 Å². The van der Waals surface area contributed by atoms with Crippen molar-refractivity contribution < 1.29 is 17.6 Å². The normalized spacial score (nSPS) is 21.8. The fourth-order valence-electron chi connectivity index (χ4n) is 0.258. The molecule has 0 spiro atoms. The SMILES string of the molecule is [B]C(C)C(C)(F)C(F)(F)F. The molecule has 0 N–H and O–H groups in total. The molecule has 5 heteroatoms. The zero-order valence-corrected chi connectivity index (χ0v) is 5.67. The molecule has 2 atom stereocenters. The molecule has 0 nitrogen and oxygen atoms in total. The van der Waals surface area contributed by atoms with E-state index in [1.54, 1.807) is 0 Å².